The van der Waals surface area contributed by atoms with Crippen LogP contribution in [0.1, 0.15) is 10.4 Å². The highest BCUT2D eigenvalue weighted by atomic mass is 32.2. The Hall–Kier alpha value is -3.25. The van der Waals surface area contributed by atoms with Gasteiger partial charge in [0, 0.05) is 62.3 Å². The summed E-state index contributed by atoms with van der Waals surface area (Å²) < 4.78 is 32.5. The van der Waals surface area contributed by atoms with Gasteiger partial charge in [-0.15, -0.1) is 0 Å². The molecule has 10 nitrogen and oxygen atoms in total. The highest BCUT2D eigenvalue weighted by molar-refractivity contribution is 7.89. The molecule has 1 aromatic carbocycles. The molecule has 0 radical (unpaired) electrons. The fourth-order valence-corrected chi connectivity index (χ4v) is 5.82. The van der Waals surface area contributed by atoms with Crippen molar-refractivity contribution in [1.29, 1.82) is 0 Å². The van der Waals surface area contributed by atoms with Crippen LogP contribution in [-0.2, 0) is 14.8 Å². The number of anilines is 1. The van der Waals surface area contributed by atoms with Crippen LogP contribution in [0.2, 0.25) is 0 Å². The number of nitrogens with two attached hydrogens (primary N) is 1. The van der Waals surface area contributed by atoms with E-state index >= 15 is 0 Å². The van der Waals surface area contributed by atoms with E-state index in [2.05, 4.69) is 20.2 Å². The van der Waals surface area contributed by atoms with Gasteiger partial charge in [0.25, 0.3) is 5.91 Å². The predicted octanol–water partition coefficient (Wildman–Crippen LogP) is 1.27. The lowest BCUT2D eigenvalue weighted by atomic mass is 10.1. The molecule has 2 aliphatic heterocycles. The van der Waals surface area contributed by atoms with Crippen LogP contribution in [0.25, 0.3) is 22.5 Å². The molecule has 0 unspecified atom stereocenters. The molecular weight excluding hydrogens is 468 g/mol. The first kappa shape index (κ1) is 23.5. The number of H-pyrrole nitrogens is 1. The topological polar surface area (TPSA) is 134 Å². The van der Waals surface area contributed by atoms with E-state index in [4.69, 9.17) is 10.5 Å². The number of primary amides is 1. The molecule has 0 aliphatic carbocycles. The number of benzene rings is 1. The zero-order chi connectivity index (χ0) is 24.4. The highest BCUT2D eigenvalue weighted by Gasteiger charge is 2.26. The molecule has 11 heteroatoms. The minimum atomic E-state index is -3.56. The number of carbonyl (C=O) groups is 1. The number of morpholine rings is 1. The van der Waals surface area contributed by atoms with Crippen molar-refractivity contribution in [2.75, 3.05) is 57.4 Å². The minimum absolute atomic E-state index is 0.246. The smallest absolute Gasteiger partial charge is 0.252 e. The Morgan fingerprint density at radius 2 is 1.69 bits per heavy atom. The number of aromatic nitrogens is 2. The average Bonchev–Trinajstić information content (AvgIpc) is 3.36. The first-order valence-corrected chi connectivity index (χ1v) is 13.0. The Bertz CT molecular complexity index is 1310. The number of ether oxygens (including phenoxy) is 1. The summed E-state index contributed by atoms with van der Waals surface area (Å²) in [4.78, 5) is 22.3. The van der Waals surface area contributed by atoms with E-state index in [-0.39, 0.29) is 4.90 Å². The molecule has 4 N–H and O–H groups in total. The van der Waals surface area contributed by atoms with E-state index in [9.17, 15) is 13.2 Å². The molecule has 35 heavy (non-hydrogen) atoms. The van der Waals surface area contributed by atoms with Crippen molar-refractivity contribution >= 4 is 21.7 Å². The van der Waals surface area contributed by atoms with Gasteiger partial charge in [0.15, 0.2) is 0 Å². The van der Waals surface area contributed by atoms with Gasteiger partial charge in [-0.05, 0) is 30.3 Å². The molecule has 1 amide bonds. The van der Waals surface area contributed by atoms with Gasteiger partial charge in [0.1, 0.15) is 5.82 Å². The average molecular weight is 497 g/mol. The van der Waals surface area contributed by atoms with Gasteiger partial charge in [0.05, 0.1) is 29.4 Å². The number of nitrogens with zero attached hydrogens (tertiary/aromatic N) is 3. The second kappa shape index (κ2) is 9.78. The number of piperazine rings is 1. The van der Waals surface area contributed by atoms with Crippen LogP contribution in [0, 0.1) is 0 Å². The van der Waals surface area contributed by atoms with E-state index in [1.54, 1.807) is 36.5 Å². The summed E-state index contributed by atoms with van der Waals surface area (Å²) in [6.45, 7) is 4.75. The Morgan fingerprint density at radius 1 is 0.971 bits per heavy atom. The van der Waals surface area contributed by atoms with Gasteiger partial charge in [-0.25, -0.2) is 8.42 Å². The molecule has 2 aromatic heterocycles. The first-order chi connectivity index (χ1) is 16.9. The van der Waals surface area contributed by atoms with Gasteiger partial charge in [-0.3, -0.25) is 9.78 Å². The Balaban J connectivity index is 1.42. The summed E-state index contributed by atoms with van der Waals surface area (Å²) in [5.74, 6) is 0.248. The van der Waals surface area contributed by atoms with E-state index in [0.717, 1.165) is 48.8 Å². The van der Waals surface area contributed by atoms with Gasteiger partial charge in [0.2, 0.25) is 10.0 Å². The van der Waals surface area contributed by atoms with Gasteiger partial charge >= 0.3 is 0 Å². The molecule has 184 valence electrons. The maximum Gasteiger partial charge on any atom is 0.252 e. The standard InChI is InChI=1S/C24H28N6O4S/c25-23(31)20-16-22(28-24(20)29-9-7-26-8-10-29)18-5-6-27-21(15-18)17-1-3-19(4-2-17)35(32,33)30-11-13-34-14-12-30/h1-6,15-16,26,28H,7-14H2,(H2,25,31). The highest BCUT2D eigenvalue weighted by Crippen LogP contribution is 2.30. The third kappa shape index (κ3) is 4.80. The van der Waals surface area contributed by atoms with E-state index in [1.165, 1.54) is 4.31 Å². The maximum atomic E-state index is 12.9. The van der Waals surface area contributed by atoms with Crippen LogP contribution >= 0.6 is 0 Å². The molecule has 0 saturated carbocycles. The van der Waals surface area contributed by atoms with Gasteiger partial charge < -0.3 is 25.7 Å². The number of hydrogen-bond donors (Lipinski definition) is 3. The number of sulfonamides is 1. The molecule has 3 aromatic rings. The summed E-state index contributed by atoms with van der Waals surface area (Å²) in [7, 11) is -3.56. The molecule has 5 rings (SSSR count). The second-order valence-electron chi connectivity index (χ2n) is 8.52. The van der Waals surface area contributed by atoms with Crippen molar-refractivity contribution in [3.63, 3.8) is 0 Å². The Kier molecular flexibility index (Phi) is 6.56. The molecule has 4 heterocycles. The summed E-state index contributed by atoms with van der Waals surface area (Å²) in [5.41, 5.74) is 9.22. The summed E-state index contributed by atoms with van der Waals surface area (Å²) >= 11 is 0. The molecular formula is C24H28N6O4S. The molecule has 2 fully saturated rings. The van der Waals surface area contributed by atoms with Crippen LogP contribution in [0.15, 0.2) is 53.6 Å². The third-order valence-electron chi connectivity index (χ3n) is 6.32. The van der Waals surface area contributed by atoms with Crippen LogP contribution in [0.3, 0.4) is 0 Å². The van der Waals surface area contributed by atoms with E-state index in [0.29, 0.717) is 37.6 Å². The predicted molar refractivity (Wildman–Crippen MR) is 133 cm³/mol. The SMILES string of the molecule is NC(=O)c1cc(-c2ccnc(-c3ccc(S(=O)(=O)N4CCOCC4)cc3)c2)[nH]c1N1CCNCC1. The number of aromatic amines is 1. The normalized spacial score (nSPS) is 17.4. The number of rotatable bonds is 6. The number of carbonyl (C=O) groups excluding carboxylic acids is 1. The van der Waals surface area contributed by atoms with Gasteiger partial charge in [-0.1, -0.05) is 12.1 Å². The maximum absolute atomic E-state index is 12.9. The number of hydrogen-bond acceptors (Lipinski definition) is 7. The molecule has 0 bridgehead atoms. The van der Waals surface area contributed by atoms with Crippen LogP contribution in [-0.4, -0.2) is 81.1 Å². The summed E-state index contributed by atoms with van der Waals surface area (Å²) in [6.07, 6.45) is 1.69. The summed E-state index contributed by atoms with van der Waals surface area (Å²) in [6, 6.07) is 12.3. The minimum Gasteiger partial charge on any atom is -0.379 e. The van der Waals surface area contributed by atoms with Crippen molar-refractivity contribution in [3.8, 4) is 22.5 Å². The van der Waals surface area contributed by atoms with Gasteiger partial charge in [-0.2, -0.15) is 4.31 Å². The van der Waals surface area contributed by atoms with Crippen LogP contribution in [0.5, 0.6) is 0 Å². The fourth-order valence-electron chi connectivity index (χ4n) is 4.41. The Labute approximate surface area is 204 Å². The monoisotopic (exact) mass is 496 g/mol. The van der Waals surface area contributed by atoms with Crippen molar-refractivity contribution < 1.29 is 17.9 Å². The lowest BCUT2D eigenvalue weighted by molar-refractivity contribution is 0.0730. The Morgan fingerprint density at radius 3 is 2.37 bits per heavy atom. The second-order valence-corrected chi connectivity index (χ2v) is 10.5. The lowest BCUT2D eigenvalue weighted by Crippen LogP contribution is -2.44. The first-order valence-electron chi connectivity index (χ1n) is 11.6. The van der Waals surface area contributed by atoms with Crippen LogP contribution < -0.4 is 16.0 Å². The van der Waals surface area contributed by atoms with Crippen molar-refractivity contribution in [2.24, 2.45) is 5.73 Å². The number of nitrogens with one attached hydrogen (secondary N) is 2. The molecule has 0 spiro atoms. The van der Waals surface area contributed by atoms with Crippen molar-refractivity contribution in [3.05, 3.63) is 54.2 Å². The summed E-state index contributed by atoms with van der Waals surface area (Å²) in [5, 5.41) is 3.30. The van der Waals surface area contributed by atoms with E-state index < -0.39 is 15.9 Å². The largest absolute Gasteiger partial charge is 0.379 e. The third-order valence-corrected chi connectivity index (χ3v) is 8.24. The number of amides is 1. The zero-order valence-electron chi connectivity index (χ0n) is 19.2. The lowest BCUT2D eigenvalue weighted by Gasteiger charge is -2.28. The molecule has 2 aliphatic rings. The zero-order valence-corrected chi connectivity index (χ0v) is 20.1. The van der Waals surface area contributed by atoms with Crippen molar-refractivity contribution in [1.82, 2.24) is 19.6 Å². The molecule has 0 atom stereocenters. The molecule has 2 saturated heterocycles. The number of pyridine rings is 1. The van der Waals surface area contributed by atoms with Crippen LogP contribution in [0.4, 0.5) is 5.82 Å². The van der Waals surface area contributed by atoms with E-state index in [1.807, 2.05) is 12.1 Å². The fraction of sp³-hybridized carbons (Fsp3) is 0.333. The van der Waals surface area contributed by atoms with Crippen molar-refractivity contribution in [2.45, 2.75) is 4.90 Å². The quantitative estimate of drug-likeness (QED) is 0.468.